The molecule has 3 rings (SSSR count). The number of ether oxygens (including phenoxy) is 1. The summed E-state index contributed by atoms with van der Waals surface area (Å²) in [6.07, 6.45) is 4.71. The smallest absolute Gasteiger partial charge is 0.338 e. The molecule has 2 unspecified atom stereocenters. The first-order valence-electron chi connectivity index (χ1n) is 9.77. The minimum Gasteiger partial charge on any atom is -0.462 e. The lowest BCUT2D eigenvalue weighted by atomic mass is 9.86. The van der Waals surface area contributed by atoms with E-state index in [0.717, 1.165) is 19.5 Å². The van der Waals surface area contributed by atoms with Gasteiger partial charge in [-0.25, -0.2) is 4.79 Å². The Balaban J connectivity index is 1.49. The van der Waals surface area contributed by atoms with E-state index in [1.165, 1.54) is 24.8 Å². The lowest BCUT2D eigenvalue weighted by Crippen LogP contribution is -2.43. The first-order valence-corrected chi connectivity index (χ1v) is 9.77. The van der Waals surface area contributed by atoms with Crippen LogP contribution in [0.15, 0.2) is 60.7 Å². The molecule has 0 aliphatic carbocycles. The van der Waals surface area contributed by atoms with Gasteiger partial charge in [0.15, 0.2) is 0 Å². The maximum absolute atomic E-state index is 12.0. The van der Waals surface area contributed by atoms with E-state index in [0.29, 0.717) is 24.1 Å². The van der Waals surface area contributed by atoms with E-state index in [9.17, 15) is 4.79 Å². The largest absolute Gasteiger partial charge is 0.462 e. The summed E-state index contributed by atoms with van der Waals surface area (Å²) in [5.74, 6) is 0.307. The minimum absolute atomic E-state index is 0.224. The van der Waals surface area contributed by atoms with Crippen molar-refractivity contribution in [1.82, 2.24) is 4.90 Å². The van der Waals surface area contributed by atoms with Crippen molar-refractivity contribution in [3.05, 3.63) is 71.8 Å². The van der Waals surface area contributed by atoms with Gasteiger partial charge >= 0.3 is 5.97 Å². The van der Waals surface area contributed by atoms with E-state index >= 15 is 0 Å². The molecule has 1 aliphatic rings. The monoisotopic (exact) mass is 351 g/mol. The molecule has 3 nitrogen and oxygen atoms in total. The van der Waals surface area contributed by atoms with Gasteiger partial charge in [-0.15, -0.1) is 0 Å². The van der Waals surface area contributed by atoms with Gasteiger partial charge in [-0.3, -0.25) is 4.90 Å². The number of esters is 1. The molecule has 0 amide bonds. The molecule has 0 aromatic heterocycles. The highest BCUT2D eigenvalue weighted by molar-refractivity contribution is 5.89. The van der Waals surface area contributed by atoms with Crippen LogP contribution in [0.2, 0.25) is 0 Å². The van der Waals surface area contributed by atoms with E-state index in [2.05, 4.69) is 42.2 Å². The Labute approximate surface area is 157 Å². The van der Waals surface area contributed by atoms with Gasteiger partial charge in [-0.05, 0) is 49.4 Å². The van der Waals surface area contributed by atoms with Crippen molar-refractivity contribution in [2.75, 3.05) is 19.7 Å². The molecule has 26 heavy (non-hydrogen) atoms. The van der Waals surface area contributed by atoms with Gasteiger partial charge in [0, 0.05) is 12.6 Å². The van der Waals surface area contributed by atoms with Crippen LogP contribution in [0.1, 0.15) is 54.4 Å². The second-order valence-electron chi connectivity index (χ2n) is 7.15. The number of carbonyl (C=O) groups is 1. The number of rotatable bonds is 7. The molecule has 3 heteroatoms. The Hall–Kier alpha value is -2.13. The van der Waals surface area contributed by atoms with E-state index < -0.39 is 0 Å². The van der Waals surface area contributed by atoms with Crippen LogP contribution in [0.5, 0.6) is 0 Å². The van der Waals surface area contributed by atoms with Crippen LogP contribution in [0, 0.1) is 0 Å². The van der Waals surface area contributed by atoms with Crippen LogP contribution in [0.25, 0.3) is 0 Å². The van der Waals surface area contributed by atoms with Crippen LogP contribution in [-0.4, -0.2) is 36.6 Å². The zero-order chi connectivity index (χ0) is 18.2. The first-order chi connectivity index (χ1) is 12.8. The summed E-state index contributed by atoms with van der Waals surface area (Å²) in [4.78, 5) is 14.6. The highest BCUT2D eigenvalue weighted by atomic mass is 16.5. The second-order valence-corrected chi connectivity index (χ2v) is 7.15. The molecule has 0 spiro atoms. The maximum Gasteiger partial charge on any atom is 0.338 e. The fraction of sp³-hybridized carbons (Fsp3) is 0.435. The van der Waals surface area contributed by atoms with Crippen molar-refractivity contribution in [1.29, 1.82) is 0 Å². The molecule has 1 fully saturated rings. The van der Waals surface area contributed by atoms with E-state index in [1.807, 2.05) is 18.2 Å². The minimum atomic E-state index is -0.224. The van der Waals surface area contributed by atoms with Gasteiger partial charge < -0.3 is 4.74 Å². The predicted octanol–water partition coefficient (Wildman–Crippen LogP) is 4.89. The van der Waals surface area contributed by atoms with Gasteiger partial charge in [-0.2, -0.15) is 0 Å². The SMILES string of the molecule is CC(c1ccccc1)C1CCCCN1CCCOC(=O)c1ccccc1. The number of benzene rings is 2. The third-order valence-electron chi connectivity index (χ3n) is 5.40. The van der Waals surface area contributed by atoms with Crippen LogP contribution in [-0.2, 0) is 4.74 Å². The normalized spacial score (nSPS) is 19.0. The van der Waals surface area contributed by atoms with Crippen molar-refractivity contribution in [2.24, 2.45) is 0 Å². The zero-order valence-corrected chi connectivity index (χ0v) is 15.6. The fourth-order valence-corrected chi connectivity index (χ4v) is 3.93. The van der Waals surface area contributed by atoms with Gasteiger partial charge in [0.05, 0.1) is 12.2 Å². The Morgan fingerprint density at radius 3 is 2.50 bits per heavy atom. The summed E-state index contributed by atoms with van der Waals surface area (Å²) in [6, 6.07) is 20.6. The van der Waals surface area contributed by atoms with E-state index in [4.69, 9.17) is 4.74 Å². The molecule has 0 N–H and O–H groups in total. The third kappa shape index (κ3) is 4.95. The highest BCUT2D eigenvalue weighted by Gasteiger charge is 2.27. The molecular formula is C23H29NO2. The predicted molar refractivity (Wildman–Crippen MR) is 105 cm³/mol. The number of hydrogen-bond acceptors (Lipinski definition) is 3. The number of nitrogens with zero attached hydrogens (tertiary/aromatic N) is 1. The summed E-state index contributed by atoms with van der Waals surface area (Å²) in [7, 11) is 0. The summed E-state index contributed by atoms with van der Waals surface area (Å²) in [6.45, 7) is 4.96. The van der Waals surface area contributed by atoms with Crippen LogP contribution in [0.3, 0.4) is 0 Å². The number of likely N-dealkylation sites (tertiary alicyclic amines) is 1. The average molecular weight is 351 g/mol. The Morgan fingerprint density at radius 2 is 1.77 bits per heavy atom. The van der Waals surface area contributed by atoms with Gasteiger partial charge in [0.25, 0.3) is 0 Å². The average Bonchev–Trinajstić information content (AvgIpc) is 2.72. The highest BCUT2D eigenvalue weighted by Crippen LogP contribution is 2.30. The topological polar surface area (TPSA) is 29.5 Å². The van der Waals surface area contributed by atoms with Crippen LogP contribution >= 0.6 is 0 Å². The molecule has 0 radical (unpaired) electrons. The molecular weight excluding hydrogens is 322 g/mol. The molecule has 138 valence electrons. The Bertz CT molecular complexity index is 671. The number of carbonyl (C=O) groups excluding carboxylic acids is 1. The fourth-order valence-electron chi connectivity index (χ4n) is 3.93. The molecule has 2 aromatic rings. The lowest BCUT2D eigenvalue weighted by molar-refractivity contribution is 0.0466. The zero-order valence-electron chi connectivity index (χ0n) is 15.6. The molecule has 0 saturated carbocycles. The summed E-state index contributed by atoms with van der Waals surface area (Å²) >= 11 is 0. The van der Waals surface area contributed by atoms with Gasteiger partial charge in [0.1, 0.15) is 0 Å². The van der Waals surface area contributed by atoms with Crippen LogP contribution < -0.4 is 0 Å². The Morgan fingerprint density at radius 1 is 1.08 bits per heavy atom. The summed E-state index contributed by atoms with van der Waals surface area (Å²) in [5.41, 5.74) is 2.04. The molecule has 2 atom stereocenters. The standard InChI is InChI=1S/C23H29NO2/c1-19(20-11-4-2-5-12-20)22-15-8-9-16-24(22)17-10-18-26-23(25)21-13-6-3-7-14-21/h2-7,11-14,19,22H,8-10,15-18H2,1H3. The molecule has 2 aromatic carbocycles. The van der Waals surface area contributed by atoms with Gasteiger partial charge in [-0.1, -0.05) is 61.9 Å². The van der Waals surface area contributed by atoms with Crippen molar-refractivity contribution < 1.29 is 9.53 Å². The first kappa shape index (κ1) is 18.7. The van der Waals surface area contributed by atoms with Crippen molar-refractivity contribution in [2.45, 2.75) is 44.6 Å². The van der Waals surface area contributed by atoms with E-state index in [1.54, 1.807) is 12.1 Å². The second kappa shape index (κ2) is 9.54. The number of hydrogen-bond donors (Lipinski definition) is 0. The van der Waals surface area contributed by atoms with E-state index in [-0.39, 0.29) is 5.97 Å². The van der Waals surface area contributed by atoms with Gasteiger partial charge in [0.2, 0.25) is 0 Å². The van der Waals surface area contributed by atoms with Crippen LogP contribution in [0.4, 0.5) is 0 Å². The Kier molecular flexibility index (Phi) is 6.84. The van der Waals surface area contributed by atoms with Crippen molar-refractivity contribution >= 4 is 5.97 Å². The molecule has 1 heterocycles. The summed E-state index contributed by atoms with van der Waals surface area (Å²) < 4.78 is 5.43. The molecule has 0 bridgehead atoms. The van der Waals surface area contributed by atoms with Crippen molar-refractivity contribution in [3.63, 3.8) is 0 Å². The third-order valence-corrected chi connectivity index (χ3v) is 5.40. The summed E-state index contributed by atoms with van der Waals surface area (Å²) in [5, 5.41) is 0. The molecule has 1 saturated heterocycles. The quantitative estimate of drug-likeness (QED) is 0.525. The van der Waals surface area contributed by atoms with Crippen molar-refractivity contribution in [3.8, 4) is 0 Å². The lowest BCUT2D eigenvalue weighted by Gasteiger charge is -2.39. The molecule has 1 aliphatic heterocycles. The maximum atomic E-state index is 12.0. The number of piperidine rings is 1.